The van der Waals surface area contributed by atoms with E-state index in [0.717, 1.165) is 18.9 Å². The van der Waals surface area contributed by atoms with Crippen molar-refractivity contribution in [3.8, 4) is 5.75 Å². The van der Waals surface area contributed by atoms with E-state index in [0.29, 0.717) is 30.2 Å². The third kappa shape index (κ3) is 3.31. The van der Waals surface area contributed by atoms with Crippen LogP contribution in [0.25, 0.3) is 0 Å². The summed E-state index contributed by atoms with van der Waals surface area (Å²) in [5, 5.41) is 5.01. The van der Waals surface area contributed by atoms with Gasteiger partial charge in [0.1, 0.15) is 17.4 Å². The summed E-state index contributed by atoms with van der Waals surface area (Å²) in [5.74, 6) is 4.57. The zero-order valence-electron chi connectivity index (χ0n) is 17.2. The third-order valence-electron chi connectivity index (χ3n) is 6.39. The van der Waals surface area contributed by atoms with Gasteiger partial charge < -0.3 is 21.5 Å². The zero-order valence-corrected chi connectivity index (χ0v) is 17.2. The fourth-order valence-electron chi connectivity index (χ4n) is 4.79. The van der Waals surface area contributed by atoms with Crippen LogP contribution in [0, 0.1) is 11.7 Å². The van der Waals surface area contributed by atoms with E-state index in [4.69, 9.17) is 22.0 Å². The fourth-order valence-corrected chi connectivity index (χ4v) is 4.79. The van der Waals surface area contributed by atoms with Crippen LogP contribution in [0.1, 0.15) is 29.6 Å². The Bertz CT molecular complexity index is 940. The predicted molar refractivity (Wildman–Crippen MR) is 109 cm³/mol. The first-order valence-corrected chi connectivity index (χ1v) is 10.2. The summed E-state index contributed by atoms with van der Waals surface area (Å²) >= 11 is 0. The Kier molecular flexibility index (Phi) is 5.33. The molecule has 0 radical (unpaired) electrons. The summed E-state index contributed by atoms with van der Waals surface area (Å²) < 4.78 is 19.3. The summed E-state index contributed by atoms with van der Waals surface area (Å²) in [4.78, 5) is 37.4. The number of rotatable bonds is 6. The molecule has 2 fully saturated rings. The molecule has 31 heavy (non-hydrogen) atoms. The number of urea groups is 2. The van der Waals surface area contributed by atoms with Gasteiger partial charge >= 0.3 is 12.1 Å². The van der Waals surface area contributed by atoms with Gasteiger partial charge in [0.15, 0.2) is 5.75 Å². The van der Waals surface area contributed by atoms with Gasteiger partial charge in [-0.05, 0) is 18.4 Å². The summed E-state index contributed by atoms with van der Waals surface area (Å²) in [7, 11) is 1.37. The molecule has 0 bridgehead atoms. The monoisotopic (exact) mass is 436 g/mol. The number of hydrazine groups is 1. The van der Waals surface area contributed by atoms with Gasteiger partial charge in [0.25, 0.3) is 5.91 Å². The minimum absolute atomic E-state index is 0.00833. The maximum absolute atomic E-state index is 14.2. The Balaban J connectivity index is 1.78. The van der Waals surface area contributed by atoms with Gasteiger partial charge in [-0.2, -0.15) is 5.01 Å². The number of hydrogen-bond acceptors (Lipinski definition) is 7. The van der Waals surface area contributed by atoms with E-state index in [1.165, 1.54) is 13.2 Å². The van der Waals surface area contributed by atoms with Crippen molar-refractivity contribution in [2.45, 2.75) is 31.3 Å². The van der Waals surface area contributed by atoms with Crippen LogP contribution in [0.5, 0.6) is 5.75 Å². The van der Waals surface area contributed by atoms with Gasteiger partial charge in [-0.15, -0.1) is 9.60 Å². The van der Waals surface area contributed by atoms with Crippen molar-refractivity contribution in [1.82, 2.24) is 19.9 Å². The predicted octanol–water partition coefficient (Wildman–Crippen LogP) is -0.0140. The molecule has 1 aromatic rings. The first-order valence-electron chi connectivity index (χ1n) is 10.2. The van der Waals surface area contributed by atoms with Gasteiger partial charge in [-0.25, -0.2) is 19.8 Å². The van der Waals surface area contributed by atoms with Crippen molar-refractivity contribution in [2.24, 2.45) is 23.2 Å². The maximum atomic E-state index is 14.2. The molecule has 3 atom stereocenters. The van der Waals surface area contributed by atoms with Crippen LogP contribution in [0.4, 0.5) is 19.7 Å². The molecule has 7 N–H and O–H groups in total. The summed E-state index contributed by atoms with van der Waals surface area (Å²) in [6, 6.07) is 0.491. The smallest absolute Gasteiger partial charge is 0.465 e. The van der Waals surface area contributed by atoms with E-state index < -0.39 is 23.8 Å². The fraction of sp³-hybridized carbons (Fsp3) is 0.526. The van der Waals surface area contributed by atoms with Crippen molar-refractivity contribution in [3.63, 3.8) is 0 Å². The lowest BCUT2D eigenvalue weighted by molar-refractivity contribution is 0.00456. The summed E-state index contributed by atoms with van der Waals surface area (Å²) in [6.45, 7) is 1.13. The summed E-state index contributed by atoms with van der Waals surface area (Å²) in [5.41, 5.74) is 11.7. The van der Waals surface area contributed by atoms with E-state index in [2.05, 4.69) is 5.32 Å². The Morgan fingerprint density at radius 3 is 2.68 bits per heavy atom. The quantitative estimate of drug-likeness (QED) is 0.277. The molecular formula is C19H27FN7O4+. The number of methoxy groups -OCH3 is 1. The highest BCUT2D eigenvalue weighted by Gasteiger charge is 2.65. The molecule has 0 aromatic heterocycles. The van der Waals surface area contributed by atoms with Gasteiger partial charge in [0, 0.05) is 38.0 Å². The number of nitrogens with zero attached hydrogens (tertiary/aromatic N) is 3. The first kappa shape index (κ1) is 21.4. The van der Waals surface area contributed by atoms with E-state index in [1.807, 2.05) is 5.01 Å². The van der Waals surface area contributed by atoms with Crippen molar-refractivity contribution in [1.29, 1.82) is 0 Å². The molecular weight excluding hydrogens is 409 g/mol. The molecule has 5 amide bonds. The van der Waals surface area contributed by atoms with Crippen LogP contribution >= 0.6 is 0 Å². The zero-order chi connectivity index (χ0) is 22.5. The van der Waals surface area contributed by atoms with Gasteiger partial charge in [-0.1, -0.05) is 0 Å². The highest BCUT2D eigenvalue weighted by molar-refractivity contribution is 6.15. The van der Waals surface area contributed by atoms with Crippen LogP contribution in [0.2, 0.25) is 0 Å². The van der Waals surface area contributed by atoms with E-state index in [-0.39, 0.29) is 40.5 Å². The second kappa shape index (κ2) is 7.71. The molecule has 3 aliphatic rings. The number of hydrogen-bond donors (Lipinski definition) is 4. The third-order valence-corrected chi connectivity index (χ3v) is 6.39. The highest BCUT2D eigenvalue weighted by atomic mass is 19.1. The first-order chi connectivity index (χ1) is 14.7. The molecule has 1 aromatic carbocycles. The summed E-state index contributed by atoms with van der Waals surface area (Å²) in [6.07, 6.45) is 2.15. The van der Waals surface area contributed by atoms with Crippen molar-refractivity contribution < 1.29 is 23.5 Å². The van der Waals surface area contributed by atoms with Crippen LogP contribution in [-0.4, -0.2) is 66.8 Å². The SMILES string of the molecule is COc1cc(F)cc2c1[N@@+](C1CC1)(N1CCC([C@H](N)CNC(N)=O)C1)C(=O)N(N)C2=O. The van der Waals surface area contributed by atoms with Crippen molar-refractivity contribution in [2.75, 3.05) is 26.7 Å². The lowest BCUT2D eigenvalue weighted by Gasteiger charge is -2.45. The van der Waals surface area contributed by atoms with Crippen LogP contribution < -0.4 is 32.0 Å². The number of ether oxygens (including phenoxy) is 1. The molecule has 4 rings (SSSR count). The molecule has 2 aliphatic heterocycles. The second-order valence-corrected chi connectivity index (χ2v) is 8.25. The molecule has 1 saturated carbocycles. The largest absolute Gasteiger partial charge is 0.491 e. The van der Waals surface area contributed by atoms with Gasteiger partial charge in [0.05, 0.1) is 13.7 Å². The van der Waals surface area contributed by atoms with Crippen LogP contribution in [0.15, 0.2) is 12.1 Å². The standard InChI is InChI=1S/C19H26FN7O4/c1-31-15-7-11(20)6-13-16(15)27(12-2-3-12,19(30)26(23)17(13)28)25-5-4-10(9-25)14(21)8-24-18(22)29/h6-7,10,12,14H,2-5,8-9,21,23H2,1H3,(H2-,22,24,29)/p+1/t10?,14-,27-/m1/s1. The Morgan fingerprint density at radius 2 is 2.06 bits per heavy atom. The number of benzene rings is 1. The van der Waals surface area contributed by atoms with Crippen molar-refractivity contribution >= 4 is 23.7 Å². The molecule has 0 spiro atoms. The molecule has 11 nitrogen and oxygen atoms in total. The maximum Gasteiger partial charge on any atom is 0.465 e. The number of amides is 5. The average molecular weight is 436 g/mol. The number of carbonyl (C=O) groups is 3. The van der Waals surface area contributed by atoms with Crippen LogP contribution in [0.3, 0.4) is 0 Å². The number of carbonyl (C=O) groups excluding carboxylic acids is 3. The molecule has 1 aliphatic carbocycles. The van der Waals surface area contributed by atoms with Crippen LogP contribution in [-0.2, 0) is 0 Å². The van der Waals surface area contributed by atoms with Gasteiger partial charge in [0.2, 0.25) is 5.69 Å². The number of nitrogens with two attached hydrogens (primary N) is 3. The number of fused-ring (bicyclic) bond motifs is 1. The Hall–Kier alpha value is -2.80. The normalized spacial score (nSPS) is 27.2. The van der Waals surface area contributed by atoms with E-state index in [9.17, 15) is 18.8 Å². The van der Waals surface area contributed by atoms with E-state index >= 15 is 0 Å². The topological polar surface area (TPSA) is 157 Å². The highest BCUT2D eigenvalue weighted by Crippen LogP contribution is 2.51. The lowest BCUT2D eigenvalue weighted by Crippen LogP contribution is -2.74. The minimum atomic E-state index is -0.773. The second-order valence-electron chi connectivity index (χ2n) is 8.25. The Labute approximate surface area is 178 Å². The molecule has 1 unspecified atom stereocenters. The van der Waals surface area contributed by atoms with E-state index in [1.54, 1.807) is 0 Å². The molecule has 168 valence electrons. The molecule has 12 heteroatoms. The van der Waals surface area contributed by atoms with Gasteiger partial charge in [-0.3, -0.25) is 4.79 Å². The lowest BCUT2D eigenvalue weighted by atomic mass is 10.00. The molecule has 1 saturated heterocycles. The number of imide groups is 1. The number of nitrogens with one attached hydrogen (secondary N) is 1. The number of halogens is 1. The average Bonchev–Trinajstić information content (AvgIpc) is 3.47. The minimum Gasteiger partial charge on any atom is -0.491 e. The van der Waals surface area contributed by atoms with Crippen molar-refractivity contribution in [3.05, 3.63) is 23.5 Å². The Morgan fingerprint density at radius 1 is 1.35 bits per heavy atom. The molecule has 2 heterocycles. The number of primary amides is 1. The number of quaternary nitrogens is 1.